The van der Waals surface area contributed by atoms with E-state index in [0.717, 1.165) is 4.31 Å². The number of anilines is 1. The van der Waals surface area contributed by atoms with Crippen LogP contribution in [0.25, 0.3) is 0 Å². The Morgan fingerprint density at radius 3 is 2.40 bits per heavy atom. The second-order valence-electron chi connectivity index (χ2n) is 4.17. The lowest BCUT2D eigenvalue weighted by molar-refractivity contribution is -0.115. The number of carbonyl (C=O) groups is 1. The Kier molecular flexibility index (Phi) is 5.70. The van der Waals surface area contributed by atoms with Crippen LogP contribution >= 0.6 is 0 Å². The number of hydrogen-bond donors (Lipinski definition) is 2. The number of nitrogens with one attached hydrogen (secondary N) is 2. The molecule has 0 saturated heterocycles. The molecular weight excluding hydrogens is 278 g/mol. The van der Waals surface area contributed by atoms with Crippen molar-refractivity contribution < 1.29 is 13.2 Å². The van der Waals surface area contributed by atoms with E-state index < -0.39 is 10.0 Å². The monoisotopic (exact) mass is 295 g/mol. The third kappa shape index (κ3) is 4.35. The van der Waals surface area contributed by atoms with Crippen molar-refractivity contribution in [3.63, 3.8) is 0 Å². The standard InChI is InChI=1S/C13H17N3O3S/c1-4-9-14-10-13(17)15-11-5-7-12(8-6-11)20(18,19)16(2)3/h1,5-8,14H,9-10H2,2-3H3,(H,15,17). The minimum atomic E-state index is -3.45. The molecule has 0 heterocycles. The van der Waals surface area contributed by atoms with E-state index in [1.165, 1.54) is 38.4 Å². The molecule has 0 aliphatic heterocycles. The van der Waals surface area contributed by atoms with Crippen LogP contribution in [0.15, 0.2) is 29.2 Å². The number of amides is 1. The van der Waals surface area contributed by atoms with Gasteiger partial charge < -0.3 is 5.32 Å². The lowest BCUT2D eigenvalue weighted by atomic mass is 10.3. The summed E-state index contributed by atoms with van der Waals surface area (Å²) in [6, 6.07) is 5.96. The summed E-state index contributed by atoms with van der Waals surface area (Å²) < 4.78 is 24.8. The molecule has 108 valence electrons. The minimum absolute atomic E-state index is 0.0992. The summed E-state index contributed by atoms with van der Waals surface area (Å²) in [6.45, 7) is 0.412. The fraction of sp³-hybridized carbons (Fsp3) is 0.308. The largest absolute Gasteiger partial charge is 0.325 e. The fourth-order valence-electron chi connectivity index (χ4n) is 1.37. The predicted molar refractivity (Wildman–Crippen MR) is 77.6 cm³/mol. The molecule has 7 heteroatoms. The normalized spacial score (nSPS) is 11.1. The van der Waals surface area contributed by atoms with Gasteiger partial charge in [-0.25, -0.2) is 12.7 Å². The summed E-state index contributed by atoms with van der Waals surface area (Å²) in [5.74, 6) is 2.11. The molecule has 0 unspecified atom stereocenters. The van der Waals surface area contributed by atoms with Crippen LogP contribution in [0.2, 0.25) is 0 Å². The molecule has 0 aliphatic rings. The van der Waals surface area contributed by atoms with Crippen molar-refractivity contribution in [2.45, 2.75) is 4.90 Å². The van der Waals surface area contributed by atoms with E-state index in [-0.39, 0.29) is 17.3 Å². The third-order valence-corrected chi connectivity index (χ3v) is 4.26. The number of terminal acetylenes is 1. The van der Waals surface area contributed by atoms with Crippen LogP contribution in [0.4, 0.5) is 5.69 Å². The molecule has 6 nitrogen and oxygen atoms in total. The highest BCUT2D eigenvalue weighted by Gasteiger charge is 2.16. The molecular formula is C13H17N3O3S. The highest BCUT2D eigenvalue weighted by molar-refractivity contribution is 7.89. The molecule has 0 aliphatic carbocycles. The van der Waals surface area contributed by atoms with E-state index in [1.807, 2.05) is 0 Å². The van der Waals surface area contributed by atoms with Crippen molar-refractivity contribution in [3.05, 3.63) is 24.3 Å². The van der Waals surface area contributed by atoms with Gasteiger partial charge in [-0.05, 0) is 24.3 Å². The Balaban J connectivity index is 2.69. The highest BCUT2D eigenvalue weighted by atomic mass is 32.2. The lowest BCUT2D eigenvalue weighted by Gasteiger charge is -2.12. The average molecular weight is 295 g/mol. The van der Waals surface area contributed by atoms with Crippen LogP contribution in [0.5, 0.6) is 0 Å². The third-order valence-electron chi connectivity index (χ3n) is 2.43. The summed E-state index contributed by atoms with van der Waals surface area (Å²) in [4.78, 5) is 11.7. The molecule has 1 rings (SSSR count). The van der Waals surface area contributed by atoms with Crippen LogP contribution in [-0.4, -0.2) is 45.8 Å². The Morgan fingerprint density at radius 1 is 1.30 bits per heavy atom. The van der Waals surface area contributed by atoms with Crippen molar-refractivity contribution in [3.8, 4) is 12.3 Å². The van der Waals surface area contributed by atoms with Crippen LogP contribution in [0, 0.1) is 12.3 Å². The quantitative estimate of drug-likeness (QED) is 0.576. The van der Waals surface area contributed by atoms with E-state index >= 15 is 0 Å². The maximum atomic E-state index is 11.8. The lowest BCUT2D eigenvalue weighted by Crippen LogP contribution is -2.28. The topological polar surface area (TPSA) is 78.5 Å². The summed E-state index contributed by atoms with van der Waals surface area (Å²) in [6.07, 6.45) is 5.04. The highest BCUT2D eigenvalue weighted by Crippen LogP contribution is 2.16. The fourth-order valence-corrected chi connectivity index (χ4v) is 2.28. The van der Waals surface area contributed by atoms with Crippen LogP contribution in [-0.2, 0) is 14.8 Å². The van der Waals surface area contributed by atoms with Gasteiger partial charge in [-0.15, -0.1) is 6.42 Å². The summed E-state index contributed by atoms with van der Waals surface area (Å²) in [5.41, 5.74) is 0.523. The summed E-state index contributed by atoms with van der Waals surface area (Å²) in [7, 11) is -0.533. The molecule has 2 N–H and O–H groups in total. The number of rotatable bonds is 6. The van der Waals surface area contributed by atoms with Gasteiger partial charge in [0.15, 0.2) is 0 Å². The van der Waals surface area contributed by atoms with Crippen molar-refractivity contribution >= 4 is 21.6 Å². The van der Waals surface area contributed by atoms with Crippen molar-refractivity contribution in [2.24, 2.45) is 0 Å². The zero-order chi connectivity index (χ0) is 15.2. The van der Waals surface area contributed by atoms with Crippen LogP contribution < -0.4 is 10.6 Å². The summed E-state index contributed by atoms with van der Waals surface area (Å²) >= 11 is 0. The molecule has 20 heavy (non-hydrogen) atoms. The molecule has 0 fully saturated rings. The molecule has 0 aromatic heterocycles. The second kappa shape index (κ2) is 7.05. The predicted octanol–water partition coefficient (Wildman–Crippen LogP) is 0.0982. The summed E-state index contributed by atoms with van der Waals surface area (Å²) in [5, 5.41) is 5.39. The van der Waals surface area contributed by atoms with Crippen LogP contribution in [0.1, 0.15) is 0 Å². The molecule has 1 aromatic rings. The van der Waals surface area contributed by atoms with E-state index in [1.54, 1.807) is 0 Å². The average Bonchev–Trinajstić information content (AvgIpc) is 2.39. The second-order valence-corrected chi connectivity index (χ2v) is 6.32. The van der Waals surface area contributed by atoms with Gasteiger partial charge in [0, 0.05) is 19.8 Å². The number of sulfonamides is 1. The number of carbonyl (C=O) groups excluding carboxylic acids is 1. The minimum Gasteiger partial charge on any atom is -0.325 e. The first-order valence-electron chi connectivity index (χ1n) is 5.84. The van der Waals surface area contributed by atoms with Crippen LogP contribution in [0.3, 0.4) is 0 Å². The maximum absolute atomic E-state index is 11.8. The smallest absolute Gasteiger partial charge is 0.242 e. The van der Waals surface area contributed by atoms with E-state index in [9.17, 15) is 13.2 Å². The molecule has 1 amide bonds. The van der Waals surface area contributed by atoms with Gasteiger partial charge in [-0.3, -0.25) is 10.1 Å². The van der Waals surface area contributed by atoms with Gasteiger partial charge in [-0.1, -0.05) is 5.92 Å². The zero-order valence-corrected chi connectivity index (χ0v) is 12.2. The first-order valence-corrected chi connectivity index (χ1v) is 7.28. The zero-order valence-electron chi connectivity index (χ0n) is 11.4. The van der Waals surface area contributed by atoms with Crippen molar-refractivity contribution in [1.29, 1.82) is 0 Å². The molecule has 0 saturated carbocycles. The number of hydrogen-bond acceptors (Lipinski definition) is 4. The van der Waals surface area contributed by atoms with Gasteiger partial charge in [-0.2, -0.15) is 0 Å². The Morgan fingerprint density at radius 2 is 1.90 bits per heavy atom. The number of nitrogens with zero attached hydrogens (tertiary/aromatic N) is 1. The van der Waals surface area contributed by atoms with Gasteiger partial charge in [0.1, 0.15) is 0 Å². The SMILES string of the molecule is C#CCNCC(=O)Nc1ccc(S(=O)(=O)N(C)C)cc1. The Labute approximate surface area is 119 Å². The first-order chi connectivity index (χ1) is 9.37. The molecule has 1 aromatic carbocycles. The molecule has 0 radical (unpaired) electrons. The number of benzene rings is 1. The molecule has 0 atom stereocenters. The maximum Gasteiger partial charge on any atom is 0.242 e. The first kappa shape index (κ1) is 16.2. The molecule has 0 bridgehead atoms. The Hall–Kier alpha value is -1.88. The van der Waals surface area contributed by atoms with Gasteiger partial charge in [0.05, 0.1) is 18.0 Å². The van der Waals surface area contributed by atoms with Crippen molar-refractivity contribution in [2.75, 3.05) is 32.5 Å². The van der Waals surface area contributed by atoms with E-state index in [2.05, 4.69) is 16.6 Å². The van der Waals surface area contributed by atoms with Crippen molar-refractivity contribution in [1.82, 2.24) is 9.62 Å². The van der Waals surface area contributed by atoms with Gasteiger partial charge in [0.2, 0.25) is 15.9 Å². The van der Waals surface area contributed by atoms with E-state index in [4.69, 9.17) is 6.42 Å². The van der Waals surface area contributed by atoms with Gasteiger partial charge in [0.25, 0.3) is 0 Å². The van der Waals surface area contributed by atoms with E-state index in [0.29, 0.717) is 12.2 Å². The Bertz CT molecular complexity index is 601. The molecule has 0 spiro atoms. The van der Waals surface area contributed by atoms with Gasteiger partial charge >= 0.3 is 0 Å².